The van der Waals surface area contributed by atoms with Crippen LogP contribution in [-0.2, 0) is 22.4 Å². The highest BCUT2D eigenvalue weighted by Crippen LogP contribution is 2.34. The highest BCUT2D eigenvalue weighted by atomic mass is 35.5. The Morgan fingerprint density at radius 2 is 2.06 bits per heavy atom. The second-order valence-corrected chi connectivity index (χ2v) is 8.91. The predicted octanol–water partition coefficient (Wildman–Crippen LogP) is 4.43. The van der Waals surface area contributed by atoms with Gasteiger partial charge in [0, 0.05) is 18.0 Å². The summed E-state index contributed by atoms with van der Waals surface area (Å²) in [4.78, 5) is 29.4. The minimum atomic E-state index is -0.524. The number of benzene rings is 1. The zero-order valence-electron chi connectivity index (χ0n) is 18.0. The van der Waals surface area contributed by atoms with Crippen molar-refractivity contribution in [1.82, 2.24) is 10.3 Å². The van der Waals surface area contributed by atoms with Gasteiger partial charge in [-0.2, -0.15) is 0 Å². The van der Waals surface area contributed by atoms with Gasteiger partial charge >= 0.3 is 0 Å². The molecule has 0 aliphatic heterocycles. The van der Waals surface area contributed by atoms with Gasteiger partial charge in [-0.1, -0.05) is 23.7 Å². The van der Waals surface area contributed by atoms with Crippen LogP contribution in [0.15, 0.2) is 30.3 Å². The van der Waals surface area contributed by atoms with E-state index < -0.39 is 11.9 Å². The molecule has 0 spiro atoms. The van der Waals surface area contributed by atoms with Crippen LogP contribution in [0.1, 0.15) is 49.4 Å². The summed E-state index contributed by atoms with van der Waals surface area (Å²) in [6.45, 7) is 3.61. The molecule has 1 heterocycles. The molecule has 0 unspecified atom stereocenters. The highest BCUT2D eigenvalue weighted by molar-refractivity contribution is 6.30. The number of anilines is 1. The fraction of sp³-hybridized carbons (Fsp3) is 0.458. The SMILES string of the molecule is Cc1nc(N)ccc1CCC(=O)[C@H](C)NC(=O)[C@@H]1CC[C@@H](Cc2ccc(F)c(Cl)c2)C1. The van der Waals surface area contributed by atoms with Crippen molar-refractivity contribution in [3.63, 3.8) is 0 Å². The minimum absolute atomic E-state index is 0.0000704. The lowest BCUT2D eigenvalue weighted by molar-refractivity contribution is -0.129. The number of hydrogen-bond acceptors (Lipinski definition) is 4. The number of amides is 1. The fourth-order valence-electron chi connectivity index (χ4n) is 4.26. The number of aromatic nitrogens is 1. The molecule has 1 saturated carbocycles. The van der Waals surface area contributed by atoms with E-state index in [0.717, 1.165) is 42.5 Å². The summed E-state index contributed by atoms with van der Waals surface area (Å²) in [7, 11) is 0. The van der Waals surface area contributed by atoms with Crippen LogP contribution in [0, 0.1) is 24.6 Å². The topological polar surface area (TPSA) is 85.1 Å². The predicted molar refractivity (Wildman–Crippen MR) is 120 cm³/mol. The van der Waals surface area contributed by atoms with Gasteiger partial charge in [-0.05, 0) is 81.2 Å². The van der Waals surface area contributed by atoms with Gasteiger partial charge in [-0.15, -0.1) is 0 Å². The fourth-order valence-corrected chi connectivity index (χ4v) is 4.46. The Bertz CT molecular complexity index is 966. The number of rotatable bonds is 8. The number of hydrogen-bond donors (Lipinski definition) is 2. The average molecular weight is 446 g/mol. The maximum atomic E-state index is 13.3. The molecule has 1 amide bonds. The lowest BCUT2D eigenvalue weighted by atomic mass is 9.96. The molecule has 3 atom stereocenters. The van der Waals surface area contributed by atoms with Crippen LogP contribution in [0.3, 0.4) is 0 Å². The number of nitrogen functional groups attached to an aromatic ring is 1. The molecule has 1 aromatic heterocycles. The Hall–Kier alpha value is -2.47. The zero-order valence-corrected chi connectivity index (χ0v) is 18.7. The van der Waals surface area contributed by atoms with E-state index in [2.05, 4.69) is 10.3 Å². The zero-order chi connectivity index (χ0) is 22.5. The van der Waals surface area contributed by atoms with Gasteiger partial charge in [0.1, 0.15) is 11.6 Å². The van der Waals surface area contributed by atoms with E-state index in [1.807, 2.05) is 13.0 Å². The molecule has 3 rings (SSSR count). The third-order valence-corrected chi connectivity index (χ3v) is 6.41. The van der Waals surface area contributed by atoms with Crippen molar-refractivity contribution in [1.29, 1.82) is 0 Å². The number of nitrogens with two attached hydrogens (primary N) is 1. The third-order valence-electron chi connectivity index (χ3n) is 6.12. The van der Waals surface area contributed by atoms with Crippen molar-refractivity contribution in [2.75, 3.05) is 5.73 Å². The van der Waals surface area contributed by atoms with E-state index >= 15 is 0 Å². The van der Waals surface area contributed by atoms with Crippen LogP contribution in [-0.4, -0.2) is 22.7 Å². The van der Waals surface area contributed by atoms with E-state index in [4.69, 9.17) is 17.3 Å². The summed E-state index contributed by atoms with van der Waals surface area (Å²) in [6, 6.07) is 7.88. The van der Waals surface area contributed by atoms with Crippen LogP contribution < -0.4 is 11.1 Å². The van der Waals surface area contributed by atoms with Gasteiger partial charge in [0.2, 0.25) is 5.91 Å². The molecule has 2 aromatic rings. The minimum Gasteiger partial charge on any atom is -0.384 e. The number of pyridine rings is 1. The number of Topliss-reactive ketones (excluding diaryl/α,β-unsaturated/α-hetero) is 1. The molecular weight excluding hydrogens is 417 g/mol. The molecule has 0 bridgehead atoms. The number of nitrogens with one attached hydrogen (secondary N) is 1. The first-order chi connectivity index (χ1) is 14.7. The number of aryl methyl sites for hydroxylation is 2. The van der Waals surface area contributed by atoms with Gasteiger partial charge in [-0.25, -0.2) is 9.37 Å². The first-order valence-electron chi connectivity index (χ1n) is 10.7. The van der Waals surface area contributed by atoms with Crippen molar-refractivity contribution in [2.24, 2.45) is 11.8 Å². The Morgan fingerprint density at radius 1 is 1.29 bits per heavy atom. The second-order valence-electron chi connectivity index (χ2n) is 8.51. The lowest BCUT2D eigenvalue weighted by Crippen LogP contribution is -2.41. The maximum absolute atomic E-state index is 13.3. The van der Waals surface area contributed by atoms with Crippen molar-refractivity contribution in [3.05, 3.63) is 58.0 Å². The van der Waals surface area contributed by atoms with Crippen LogP contribution >= 0.6 is 11.6 Å². The van der Waals surface area contributed by atoms with E-state index in [1.165, 1.54) is 6.07 Å². The van der Waals surface area contributed by atoms with Crippen molar-refractivity contribution in [2.45, 2.75) is 58.4 Å². The first-order valence-corrected chi connectivity index (χ1v) is 11.1. The molecule has 0 saturated heterocycles. The number of carbonyl (C=O) groups excluding carboxylic acids is 2. The number of halogens is 2. The summed E-state index contributed by atoms with van der Waals surface area (Å²) in [5.74, 6) is 0.232. The van der Waals surface area contributed by atoms with Crippen molar-refractivity contribution >= 4 is 29.1 Å². The van der Waals surface area contributed by atoms with E-state index in [1.54, 1.807) is 25.1 Å². The van der Waals surface area contributed by atoms with E-state index in [9.17, 15) is 14.0 Å². The molecule has 3 N–H and O–H groups in total. The lowest BCUT2D eigenvalue weighted by Gasteiger charge is -2.17. The van der Waals surface area contributed by atoms with Gasteiger partial charge < -0.3 is 11.1 Å². The summed E-state index contributed by atoms with van der Waals surface area (Å²) in [5, 5.41) is 3.01. The summed E-state index contributed by atoms with van der Waals surface area (Å²) in [6.07, 6.45) is 4.17. The van der Waals surface area contributed by atoms with Crippen LogP contribution in [0.2, 0.25) is 5.02 Å². The van der Waals surface area contributed by atoms with Crippen molar-refractivity contribution in [3.8, 4) is 0 Å². The Labute approximate surface area is 187 Å². The van der Waals surface area contributed by atoms with Crippen LogP contribution in [0.5, 0.6) is 0 Å². The number of carbonyl (C=O) groups is 2. The van der Waals surface area contributed by atoms with Gasteiger partial charge in [-0.3, -0.25) is 9.59 Å². The summed E-state index contributed by atoms with van der Waals surface area (Å²) < 4.78 is 13.3. The molecule has 1 fully saturated rings. The molecule has 0 radical (unpaired) electrons. The normalized spacial score (nSPS) is 19.2. The largest absolute Gasteiger partial charge is 0.384 e. The van der Waals surface area contributed by atoms with Gasteiger partial charge in [0.05, 0.1) is 11.1 Å². The molecule has 1 aromatic carbocycles. The summed E-state index contributed by atoms with van der Waals surface area (Å²) >= 11 is 5.87. The smallest absolute Gasteiger partial charge is 0.223 e. The standard InChI is InChI=1S/C24H29ClFN3O2/c1-14-18(7-10-23(27)28-14)6-9-22(30)15(2)29-24(31)19-5-3-16(12-19)11-17-4-8-21(26)20(25)13-17/h4,7-8,10,13,15-16,19H,3,5-6,9,11-12H2,1-2H3,(H2,27,28)(H,29,31)/t15-,16-,19+/m0/s1. The highest BCUT2D eigenvalue weighted by Gasteiger charge is 2.31. The second kappa shape index (κ2) is 10.2. The maximum Gasteiger partial charge on any atom is 0.223 e. The molecule has 166 valence electrons. The molecule has 1 aliphatic carbocycles. The Morgan fingerprint density at radius 3 is 2.77 bits per heavy atom. The van der Waals surface area contributed by atoms with Gasteiger partial charge in [0.15, 0.2) is 5.78 Å². The van der Waals surface area contributed by atoms with Crippen molar-refractivity contribution < 1.29 is 14.0 Å². The molecule has 7 heteroatoms. The Kier molecular flexibility index (Phi) is 7.65. The molecule has 5 nitrogen and oxygen atoms in total. The monoisotopic (exact) mass is 445 g/mol. The summed E-state index contributed by atoms with van der Waals surface area (Å²) in [5.41, 5.74) is 8.45. The van der Waals surface area contributed by atoms with Gasteiger partial charge in [0.25, 0.3) is 0 Å². The van der Waals surface area contributed by atoms with E-state index in [-0.39, 0.29) is 22.6 Å². The molecule has 1 aliphatic rings. The number of nitrogens with zero attached hydrogens (tertiary/aromatic N) is 1. The van der Waals surface area contributed by atoms with Crippen LogP contribution in [0.25, 0.3) is 0 Å². The first kappa shape index (κ1) is 23.2. The quantitative estimate of drug-likeness (QED) is 0.629. The molecule has 31 heavy (non-hydrogen) atoms. The molecular formula is C24H29ClFN3O2. The van der Waals surface area contributed by atoms with Crippen LogP contribution in [0.4, 0.5) is 10.2 Å². The number of ketones is 1. The Balaban J connectivity index is 1.45. The van der Waals surface area contributed by atoms with E-state index in [0.29, 0.717) is 24.6 Å². The average Bonchev–Trinajstić information content (AvgIpc) is 3.18. The third kappa shape index (κ3) is 6.26.